The summed E-state index contributed by atoms with van der Waals surface area (Å²) in [6.45, 7) is 0.480. The van der Waals surface area contributed by atoms with Gasteiger partial charge in [0.1, 0.15) is 17.1 Å². The third kappa shape index (κ3) is 2.12. The number of carbonyl (C=O) groups excluding carboxylic acids is 2. The van der Waals surface area contributed by atoms with Gasteiger partial charge in [0.05, 0.1) is 6.54 Å². The number of carbonyl (C=O) groups is 2. The number of thiazole rings is 1. The van der Waals surface area contributed by atoms with E-state index in [9.17, 15) is 9.59 Å². The number of nitrogens with zero attached hydrogens (tertiary/aromatic N) is 2. The highest BCUT2D eigenvalue weighted by molar-refractivity contribution is 7.09. The molecular formula is C14H17N3O2S. The van der Waals surface area contributed by atoms with Crippen LogP contribution in [0.4, 0.5) is 0 Å². The lowest BCUT2D eigenvalue weighted by molar-refractivity contribution is -0.151. The van der Waals surface area contributed by atoms with Gasteiger partial charge in [-0.2, -0.15) is 0 Å². The second-order valence-electron chi connectivity index (χ2n) is 6.00. The van der Waals surface area contributed by atoms with E-state index in [0.717, 1.165) is 30.7 Å². The van der Waals surface area contributed by atoms with Gasteiger partial charge >= 0.3 is 0 Å². The minimum absolute atomic E-state index is 0.0422. The minimum atomic E-state index is -0.294. The Morgan fingerprint density at radius 3 is 2.60 bits per heavy atom. The van der Waals surface area contributed by atoms with E-state index in [2.05, 4.69) is 10.3 Å². The van der Waals surface area contributed by atoms with Crippen LogP contribution in [0.15, 0.2) is 11.6 Å². The lowest BCUT2D eigenvalue weighted by Gasteiger charge is -2.39. The molecule has 1 aromatic heterocycles. The Morgan fingerprint density at radius 2 is 2.00 bits per heavy atom. The summed E-state index contributed by atoms with van der Waals surface area (Å²) in [6.07, 6.45) is 5.95. The minimum Gasteiger partial charge on any atom is -0.342 e. The molecule has 0 aromatic carbocycles. The van der Waals surface area contributed by atoms with Crippen LogP contribution >= 0.6 is 11.3 Å². The molecule has 106 valence electrons. The average Bonchev–Trinajstić information content (AvgIpc) is 3.34. The second kappa shape index (κ2) is 4.55. The molecule has 5 nitrogen and oxygen atoms in total. The number of hydrogen-bond donors (Lipinski definition) is 1. The van der Waals surface area contributed by atoms with E-state index in [1.165, 1.54) is 0 Å². The van der Waals surface area contributed by atoms with E-state index in [4.69, 9.17) is 0 Å². The molecule has 2 aliphatic carbocycles. The van der Waals surface area contributed by atoms with E-state index in [-0.39, 0.29) is 23.9 Å². The van der Waals surface area contributed by atoms with Gasteiger partial charge in [-0.1, -0.05) is 0 Å². The van der Waals surface area contributed by atoms with Crippen molar-refractivity contribution >= 4 is 23.2 Å². The van der Waals surface area contributed by atoms with Gasteiger partial charge in [0.25, 0.3) is 0 Å². The first-order chi connectivity index (χ1) is 9.74. The predicted octanol–water partition coefficient (Wildman–Crippen LogP) is 1.16. The van der Waals surface area contributed by atoms with Gasteiger partial charge in [0.2, 0.25) is 11.8 Å². The van der Waals surface area contributed by atoms with Crippen molar-refractivity contribution in [3.63, 3.8) is 0 Å². The van der Waals surface area contributed by atoms with Crippen LogP contribution < -0.4 is 5.32 Å². The van der Waals surface area contributed by atoms with Crippen LogP contribution in [0.5, 0.6) is 0 Å². The fourth-order valence-electron chi connectivity index (χ4n) is 3.04. The highest BCUT2D eigenvalue weighted by Crippen LogP contribution is 2.41. The molecule has 2 unspecified atom stereocenters. The number of amides is 2. The van der Waals surface area contributed by atoms with Crippen molar-refractivity contribution in [3.05, 3.63) is 16.6 Å². The lowest BCUT2D eigenvalue weighted by Crippen LogP contribution is -2.64. The summed E-state index contributed by atoms with van der Waals surface area (Å²) in [5, 5.41) is 5.78. The van der Waals surface area contributed by atoms with Crippen LogP contribution in [-0.4, -0.2) is 33.8 Å². The topological polar surface area (TPSA) is 62.3 Å². The maximum absolute atomic E-state index is 12.7. The quantitative estimate of drug-likeness (QED) is 0.905. The molecule has 0 radical (unpaired) electrons. The van der Waals surface area contributed by atoms with Crippen molar-refractivity contribution < 1.29 is 9.59 Å². The Hall–Kier alpha value is -1.43. The van der Waals surface area contributed by atoms with E-state index in [1.807, 2.05) is 5.38 Å². The van der Waals surface area contributed by atoms with Crippen LogP contribution in [0, 0.1) is 11.8 Å². The van der Waals surface area contributed by atoms with Gasteiger partial charge in [-0.05, 0) is 37.5 Å². The Labute approximate surface area is 121 Å². The van der Waals surface area contributed by atoms with Crippen molar-refractivity contribution in [2.75, 3.05) is 0 Å². The number of rotatable bonds is 4. The zero-order valence-corrected chi connectivity index (χ0v) is 11.9. The van der Waals surface area contributed by atoms with Crippen molar-refractivity contribution in [2.45, 2.75) is 44.3 Å². The lowest BCUT2D eigenvalue weighted by atomic mass is 10.0. The van der Waals surface area contributed by atoms with Crippen molar-refractivity contribution in [3.8, 4) is 0 Å². The summed E-state index contributed by atoms with van der Waals surface area (Å²) in [5.74, 6) is 0.837. The summed E-state index contributed by atoms with van der Waals surface area (Å²) >= 11 is 1.54. The monoisotopic (exact) mass is 291 g/mol. The highest BCUT2D eigenvalue weighted by Gasteiger charge is 2.51. The van der Waals surface area contributed by atoms with Crippen LogP contribution in [0.3, 0.4) is 0 Å². The van der Waals surface area contributed by atoms with Gasteiger partial charge in [-0.25, -0.2) is 4.98 Å². The zero-order chi connectivity index (χ0) is 13.7. The summed E-state index contributed by atoms with van der Waals surface area (Å²) in [6, 6.07) is -0.570. The molecule has 4 rings (SSSR count). The number of hydrogen-bond acceptors (Lipinski definition) is 4. The summed E-state index contributed by atoms with van der Waals surface area (Å²) in [5.41, 5.74) is 0. The average molecular weight is 291 g/mol. The molecule has 2 amide bonds. The molecule has 3 fully saturated rings. The molecule has 0 spiro atoms. The first-order valence-corrected chi connectivity index (χ1v) is 8.11. The maximum Gasteiger partial charge on any atom is 0.246 e. The zero-order valence-electron chi connectivity index (χ0n) is 11.1. The van der Waals surface area contributed by atoms with E-state index < -0.39 is 0 Å². The Balaban J connectivity index is 1.61. The fraction of sp³-hybridized carbons (Fsp3) is 0.643. The number of piperazine rings is 1. The Kier molecular flexibility index (Phi) is 2.80. The van der Waals surface area contributed by atoms with Crippen LogP contribution in [0.25, 0.3) is 0 Å². The summed E-state index contributed by atoms with van der Waals surface area (Å²) in [4.78, 5) is 31.1. The molecule has 0 bridgehead atoms. The van der Waals surface area contributed by atoms with Crippen LogP contribution in [0.2, 0.25) is 0 Å². The SMILES string of the molecule is O=C1NC(C2CC2)C(=O)N(Cc2nccs2)C1C1CC1. The predicted molar refractivity (Wildman–Crippen MR) is 73.8 cm³/mol. The van der Waals surface area contributed by atoms with E-state index in [1.54, 1.807) is 22.4 Å². The Bertz CT molecular complexity index is 537. The third-order valence-corrected chi connectivity index (χ3v) is 5.17. The fourth-order valence-corrected chi connectivity index (χ4v) is 3.65. The summed E-state index contributed by atoms with van der Waals surface area (Å²) < 4.78 is 0. The summed E-state index contributed by atoms with van der Waals surface area (Å²) in [7, 11) is 0. The number of nitrogens with one attached hydrogen (secondary N) is 1. The first kappa shape index (κ1) is 12.3. The molecule has 3 aliphatic rings. The highest BCUT2D eigenvalue weighted by atomic mass is 32.1. The molecule has 20 heavy (non-hydrogen) atoms. The molecule has 2 atom stereocenters. The van der Waals surface area contributed by atoms with Gasteiger partial charge in [-0.15, -0.1) is 11.3 Å². The Morgan fingerprint density at radius 1 is 1.25 bits per heavy atom. The van der Waals surface area contributed by atoms with Gasteiger partial charge in [-0.3, -0.25) is 9.59 Å². The maximum atomic E-state index is 12.7. The van der Waals surface area contributed by atoms with Gasteiger partial charge in [0.15, 0.2) is 0 Å². The standard InChI is InChI=1S/C14H17N3O2S/c18-13-12(9-3-4-9)17(7-10-15-5-6-20-10)14(19)11(16-13)8-1-2-8/h5-6,8-9,11-12H,1-4,7H2,(H,16,18). The second-order valence-corrected chi connectivity index (χ2v) is 6.98. The molecule has 2 heterocycles. The molecule has 6 heteroatoms. The molecule has 1 N–H and O–H groups in total. The van der Waals surface area contributed by atoms with E-state index >= 15 is 0 Å². The van der Waals surface area contributed by atoms with Crippen molar-refractivity contribution in [1.29, 1.82) is 0 Å². The molecule has 1 aliphatic heterocycles. The third-order valence-electron chi connectivity index (χ3n) is 4.40. The molecular weight excluding hydrogens is 274 g/mol. The van der Waals surface area contributed by atoms with Crippen molar-refractivity contribution in [2.24, 2.45) is 11.8 Å². The largest absolute Gasteiger partial charge is 0.342 e. The first-order valence-electron chi connectivity index (χ1n) is 7.23. The van der Waals surface area contributed by atoms with Gasteiger partial charge in [0, 0.05) is 11.6 Å². The normalized spacial score (nSPS) is 30.5. The molecule has 1 saturated heterocycles. The molecule has 2 saturated carbocycles. The van der Waals surface area contributed by atoms with E-state index in [0.29, 0.717) is 18.4 Å². The van der Waals surface area contributed by atoms with Gasteiger partial charge < -0.3 is 10.2 Å². The number of aromatic nitrogens is 1. The van der Waals surface area contributed by atoms with Crippen molar-refractivity contribution in [1.82, 2.24) is 15.2 Å². The smallest absolute Gasteiger partial charge is 0.246 e. The molecule has 1 aromatic rings. The van der Waals surface area contributed by atoms with Crippen LogP contribution in [0.1, 0.15) is 30.7 Å². The van der Waals surface area contributed by atoms with Crippen LogP contribution in [-0.2, 0) is 16.1 Å².